The van der Waals surface area contributed by atoms with Crippen molar-refractivity contribution in [2.24, 2.45) is 0 Å². The van der Waals surface area contributed by atoms with Gasteiger partial charge in [0.25, 0.3) is 0 Å². The minimum Gasteiger partial charge on any atom is -0.437 e. The van der Waals surface area contributed by atoms with Crippen LogP contribution in [0, 0.1) is 6.92 Å². The largest absolute Gasteiger partial charge is 0.437 e. The van der Waals surface area contributed by atoms with E-state index in [1.54, 1.807) is 30.5 Å². The molecule has 0 aliphatic carbocycles. The first-order valence-corrected chi connectivity index (χ1v) is 17.6. The molecule has 0 atom stereocenters. The van der Waals surface area contributed by atoms with E-state index in [-0.39, 0.29) is 5.91 Å². The van der Waals surface area contributed by atoms with E-state index in [2.05, 4.69) is 49.9 Å². The van der Waals surface area contributed by atoms with Crippen LogP contribution in [0.25, 0.3) is 22.3 Å². The predicted octanol–water partition coefficient (Wildman–Crippen LogP) is 6.88. The Morgan fingerprint density at radius 3 is 2.64 bits per heavy atom. The summed E-state index contributed by atoms with van der Waals surface area (Å²) in [4.78, 5) is 21.4. The van der Waals surface area contributed by atoms with Crippen molar-refractivity contribution < 1.29 is 14.3 Å². The smallest absolute Gasteiger partial charge is 0.247 e. The number of nitrogens with zero attached hydrogens (tertiary/aromatic N) is 5. The van der Waals surface area contributed by atoms with Gasteiger partial charge in [0, 0.05) is 50.0 Å². The van der Waals surface area contributed by atoms with Crippen LogP contribution in [0.15, 0.2) is 85.8 Å². The Morgan fingerprint density at radius 2 is 1.88 bits per heavy atom. The van der Waals surface area contributed by atoms with Crippen LogP contribution in [0.2, 0.25) is 25.7 Å². The average Bonchev–Trinajstić information content (AvgIpc) is 3.50. The van der Waals surface area contributed by atoms with Crippen molar-refractivity contribution in [2.45, 2.75) is 45.9 Å². The highest BCUT2D eigenvalue weighted by molar-refractivity contribution is 6.76. The average molecular weight is 581 g/mol. The second kappa shape index (κ2) is 12.5. The minimum atomic E-state index is -1.21. The van der Waals surface area contributed by atoms with Crippen LogP contribution in [0.3, 0.4) is 0 Å². The fraction of sp³-hybridized carbons (Fsp3) is 0.250. The molecule has 1 amide bonds. The highest BCUT2D eigenvalue weighted by Gasteiger charge is 2.19. The van der Waals surface area contributed by atoms with Gasteiger partial charge in [0.1, 0.15) is 18.0 Å². The molecular weight excluding hydrogens is 544 g/mol. The van der Waals surface area contributed by atoms with Gasteiger partial charge in [-0.3, -0.25) is 9.48 Å². The van der Waals surface area contributed by atoms with Crippen molar-refractivity contribution in [3.63, 3.8) is 0 Å². The summed E-state index contributed by atoms with van der Waals surface area (Å²) in [5.74, 6) is 0.560. The Hall–Kier alpha value is -4.54. The van der Waals surface area contributed by atoms with Crippen LogP contribution in [0.5, 0.6) is 11.6 Å². The second-order valence-electron chi connectivity index (χ2n) is 11.4. The Bertz CT molecular complexity index is 1700. The van der Waals surface area contributed by atoms with E-state index in [9.17, 15) is 4.79 Å². The molecule has 9 nitrogen and oxygen atoms in total. The van der Waals surface area contributed by atoms with Crippen LogP contribution in [0.4, 0.5) is 5.69 Å². The normalized spacial score (nSPS) is 11.5. The molecule has 3 aromatic heterocycles. The van der Waals surface area contributed by atoms with Gasteiger partial charge in [0.05, 0.1) is 18.4 Å². The van der Waals surface area contributed by atoms with E-state index in [0.717, 1.165) is 22.9 Å². The molecule has 1 N–H and O–H groups in total. The molecule has 0 saturated carbocycles. The Morgan fingerprint density at radius 1 is 1.07 bits per heavy atom. The lowest BCUT2D eigenvalue weighted by molar-refractivity contribution is -0.111. The van der Waals surface area contributed by atoms with Crippen molar-refractivity contribution in [3.05, 3.63) is 97.1 Å². The Labute approximate surface area is 246 Å². The first kappa shape index (κ1) is 29.0. The van der Waals surface area contributed by atoms with E-state index in [4.69, 9.17) is 24.5 Å². The third-order valence-corrected chi connectivity index (χ3v) is 8.41. The topological polar surface area (TPSA) is 96.1 Å². The van der Waals surface area contributed by atoms with Crippen LogP contribution in [-0.2, 0) is 22.8 Å². The summed E-state index contributed by atoms with van der Waals surface area (Å²) in [5, 5.41) is 7.53. The number of carbonyl (C=O) groups excluding carboxylic acids is 1. The lowest BCUT2D eigenvalue weighted by Gasteiger charge is -2.15. The van der Waals surface area contributed by atoms with Crippen molar-refractivity contribution in [1.29, 1.82) is 0 Å². The summed E-state index contributed by atoms with van der Waals surface area (Å²) in [5.41, 5.74) is 5.93. The number of amides is 1. The van der Waals surface area contributed by atoms with Gasteiger partial charge in [-0.05, 0) is 36.7 Å². The zero-order valence-electron chi connectivity index (χ0n) is 24.5. The number of aryl methyl sites for hydroxylation is 1. The molecular formula is C32H36N6O3Si. The summed E-state index contributed by atoms with van der Waals surface area (Å²) in [7, 11) is -1.21. The molecule has 5 aromatic rings. The molecule has 0 spiro atoms. The molecule has 0 fully saturated rings. The molecule has 3 heterocycles. The Balaban J connectivity index is 1.47. The van der Waals surface area contributed by atoms with Gasteiger partial charge >= 0.3 is 0 Å². The standard InChI is InChI=1S/C32H36N6O3Si/c1-6-29(39)34-25-13-10-14-26(17-25)41-30-18-33-32-31(35-30)28(20-37(32)22-40-15-16-42(3,4)5)27-21-38(36-23(27)2)19-24-11-8-7-9-12-24/h6-14,17-18,20-21H,1,15-16,19,22H2,2-5H3,(H,34,39). The Kier molecular flexibility index (Phi) is 8.65. The first-order valence-electron chi connectivity index (χ1n) is 13.9. The van der Waals surface area contributed by atoms with E-state index in [1.165, 1.54) is 11.6 Å². The monoisotopic (exact) mass is 580 g/mol. The molecule has 0 aliphatic rings. The van der Waals surface area contributed by atoms with Gasteiger partial charge in [-0.1, -0.05) is 62.6 Å². The summed E-state index contributed by atoms with van der Waals surface area (Å²) in [6, 6.07) is 18.4. The van der Waals surface area contributed by atoms with Crippen LogP contribution in [-0.4, -0.2) is 44.9 Å². The molecule has 0 bridgehead atoms. The van der Waals surface area contributed by atoms with Crippen LogP contribution < -0.4 is 10.1 Å². The fourth-order valence-corrected chi connectivity index (χ4v) is 5.26. The van der Waals surface area contributed by atoms with Gasteiger partial charge < -0.3 is 19.4 Å². The zero-order valence-corrected chi connectivity index (χ0v) is 25.5. The number of rotatable bonds is 12. The van der Waals surface area contributed by atoms with Gasteiger partial charge in [0.15, 0.2) is 5.65 Å². The maximum absolute atomic E-state index is 11.7. The van der Waals surface area contributed by atoms with Crippen molar-refractivity contribution >= 4 is 30.8 Å². The van der Waals surface area contributed by atoms with Crippen molar-refractivity contribution in [2.75, 3.05) is 11.9 Å². The van der Waals surface area contributed by atoms with Gasteiger partial charge in [-0.15, -0.1) is 0 Å². The number of hydrogen-bond donors (Lipinski definition) is 1. The third kappa shape index (κ3) is 7.20. The number of fused-ring (bicyclic) bond motifs is 1. The molecule has 216 valence electrons. The predicted molar refractivity (Wildman–Crippen MR) is 168 cm³/mol. The number of anilines is 1. The first-order chi connectivity index (χ1) is 20.2. The number of carbonyl (C=O) groups is 1. The van der Waals surface area contributed by atoms with Gasteiger partial charge in [-0.25, -0.2) is 9.97 Å². The number of hydrogen-bond acceptors (Lipinski definition) is 6. The quantitative estimate of drug-likeness (QED) is 0.0982. The van der Waals surface area contributed by atoms with E-state index in [1.807, 2.05) is 40.6 Å². The summed E-state index contributed by atoms with van der Waals surface area (Å²) in [6.07, 6.45) is 6.91. The fourth-order valence-electron chi connectivity index (χ4n) is 4.51. The minimum absolute atomic E-state index is 0.297. The zero-order chi connectivity index (χ0) is 29.7. The molecule has 0 saturated heterocycles. The van der Waals surface area contributed by atoms with E-state index in [0.29, 0.717) is 48.4 Å². The molecule has 0 aliphatic heterocycles. The molecule has 42 heavy (non-hydrogen) atoms. The van der Waals surface area contributed by atoms with Crippen LogP contribution >= 0.6 is 0 Å². The molecule has 2 aromatic carbocycles. The molecule has 5 rings (SSSR count). The van der Waals surface area contributed by atoms with E-state index >= 15 is 0 Å². The third-order valence-electron chi connectivity index (χ3n) is 6.70. The lowest BCUT2D eigenvalue weighted by atomic mass is 10.1. The van der Waals surface area contributed by atoms with Gasteiger partial charge in [-0.2, -0.15) is 5.10 Å². The van der Waals surface area contributed by atoms with Gasteiger partial charge in [0.2, 0.25) is 11.8 Å². The molecule has 0 radical (unpaired) electrons. The van der Waals surface area contributed by atoms with E-state index < -0.39 is 8.07 Å². The second-order valence-corrected chi connectivity index (χ2v) is 17.0. The maximum atomic E-state index is 11.7. The SMILES string of the molecule is C=CC(=O)Nc1cccc(Oc2cnc3c(n2)c(-c2cn(Cc4ccccc4)nc2C)cn3COCC[Si](C)(C)C)c1. The number of nitrogens with one attached hydrogen (secondary N) is 1. The number of aromatic nitrogens is 5. The summed E-state index contributed by atoms with van der Waals surface area (Å²) in [6.45, 7) is 14.3. The maximum Gasteiger partial charge on any atom is 0.247 e. The molecule has 10 heteroatoms. The summed E-state index contributed by atoms with van der Waals surface area (Å²) >= 11 is 0. The summed E-state index contributed by atoms with van der Waals surface area (Å²) < 4.78 is 16.1. The van der Waals surface area contributed by atoms with Crippen molar-refractivity contribution in [1.82, 2.24) is 24.3 Å². The number of benzene rings is 2. The highest BCUT2D eigenvalue weighted by Crippen LogP contribution is 2.33. The van der Waals surface area contributed by atoms with Crippen LogP contribution in [0.1, 0.15) is 11.3 Å². The van der Waals surface area contributed by atoms with Crippen molar-refractivity contribution in [3.8, 4) is 22.8 Å². The lowest BCUT2D eigenvalue weighted by Crippen LogP contribution is -2.22. The highest BCUT2D eigenvalue weighted by atomic mass is 28.3. The number of ether oxygens (including phenoxy) is 2. The molecule has 0 unspecified atom stereocenters.